The van der Waals surface area contributed by atoms with Gasteiger partial charge < -0.3 is 20.0 Å². The van der Waals surface area contributed by atoms with Gasteiger partial charge in [-0.05, 0) is 37.5 Å². The Labute approximate surface area is 206 Å². The predicted octanol–water partition coefficient (Wildman–Crippen LogP) is 3.08. The number of ether oxygens (including phenoxy) is 1. The highest BCUT2D eigenvalue weighted by Gasteiger charge is 2.23. The van der Waals surface area contributed by atoms with Crippen LogP contribution >= 0.6 is 0 Å². The van der Waals surface area contributed by atoms with Gasteiger partial charge in [-0.2, -0.15) is 15.2 Å². The summed E-state index contributed by atoms with van der Waals surface area (Å²) in [6.07, 6.45) is 3.68. The highest BCUT2D eigenvalue weighted by molar-refractivity contribution is 6.04. The summed E-state index contributed by atoms with van der Waals surface area (Å²) in [5.74, 6) is -0.191. The molecule has 184 valence electrons. The average Bonchev–Trinajstić information content (AvgIpc) is 3.54. The van der Waals surface area contributed by atoms with Gasteiger partial charge in [-0.3, -0.25) is 14.5 Å². The molecule has 1 aromatic carbocycles. The molecule has 5 rings (SSSR count). The van der Waals surface area contributed by atoms with Gasteiger partial charge in [-0.15, -0.1) is 0 Å². The number of hydrogen-bond acceptors (Lipinski definition) is 8. The summed E-state index contributed by atoms with van der Waals surface area (Å²) in [5.41, 5.74) is 9.95. The van der Waals surface area contributed by atoms with Crippen LogP contribution in [0.25, 0.3) is 28.3 Å². The lowest BCUT2D eigenvalue weighted by Gasteiger charge is -2.07. The fourth-order valence-corrected chi connectivity index (χ4v) is 4.10. The van der Waals surface area contributed by atoms with Crippen LogP contribution in [0.15, 0.2) is 47.2 Å². The third kappa shape index (κ3) is 4.20. The van der Waals surface area contributed by atoms with E-state index < -0.39 is 5.91 Å². The van der Waals surface area contributed by atoms with Gasteiger partial charge in [-0.25, -0.2) is 4.68 Å². The molecule has 0 aliphatic heterocycles. The fourth-order valence-electron chi connectivity index (χ4n) is 4.10. The molecule has 4 aromatic heterocycles. The number of primary amides is 1. The monoisotopic (exact) mass is 487 g/mol. The number of aryl methyl sites for hydroxylation is 4. The van der Waals surface area contributed by atoms with Crippen molar-refractivity contribution in [1.29, 1.82) is 0 Å². The van der Waals surface area contributed by atoms with Crippen molar-refractivity contribution in [3.05, 3.63) is 71.0 Å². The second-order valence-electron chi connectivity index (χ2n) is 8.48. The molecule has 11 heteroatoms. The maximum Gasteiger partial charge on any atom is 0.269 e. The Hall–Kier alpha value is -4.51. The zero-order valence-electron chi connectivity index (χ0n) is 20.1. The number of nitrogens with two attached hydrogens (primary N) is 1. The molecule has 4 heterocycles. The van der Waals surface area contributed by atoms with Gasteiger partial charge in [0.25, 0.3) is 11.8 Å². The molecular weight excluding hydrogens is 462 g/mol. The molecule has 0 saturated heterocycles. The van der Waals surface area contributed by atoms with Crippen molar-refractivity contribution in [2.45, 2.75) is 33.4 Å². The molecule has 3 N–H and O–H groups in total. The molecule has 11 nitrogen and oxygen atoms in total. The Morgan fingerprint density at radius 1 is 1.17 bits per heavy atom. The molecule has 0 saturated carbocycles. The van der Waals surface area contributed by atoms with E-state index in [2.05, 4.69) is 20.2 Å². The average molecular weight is 488 g/mol. The first-order valence-electron chi connectivity index (χ1n) is 11.3. The number of rotatable bonds is 8. The molecule has 0 bridgehead atoms. The first-order chi connectivity index (χ1) is 17.4. The minimum atomic E-state index is -0.658. The van der Waals surface area contributed by atoms with Crippen molar-refractivity contribution >= 4 is 16.8 Å². The van der Waals surface area contributed by atoms with E-state index in [1.165, 1.54) is 10.9 Å². The molecule has 5 aromatic rings. The first-order valence-corrected chi connectivity index (χ1v) is 11.3. The second kappa shape index (κ2) is 9.27. The van der Waals surface area contributed by atoms with Gasteiger partial charge in [0, 0.05) is 24.7 Å². The number of hydrogen-bond donors (Lipinski definition) is 2. The van der Waals surface area contributed by atoms with E-state index >= 15 is 0 Å². The molecule has 0 aliphatic carbocycles. The van der Waals surface area contributed by atoms with E-state index in [1.807, 2.05) is 31.2 Å². The minimum absolute atomic E-state index is 0.0146. The summed E-state index contributed by atoms with van der Waals surface area (Å²) in [4.78, 5) is 20.8. The second-order valence-corrected chi connectivity index (χ2v) is 8.48. The number of carbonyl (C=O) groups excluding carboxylic acids is 1. The van der Waals surface area contributed by atoms with E-state index in [0.717, 1.165) is 16.8 Å². The zero-order valence-corrected chi connectivity index (χ0v) is 20.1. The zero-order chi connectivity index (χ0) is 25.4. The lowest BCUT2D eigenvalue weighted by Crippen LogP contribution is -2.12. The Kier molecular flexibility index (Phi) is 5.98. The van der Waals surface area contributed by atoms with Crippen molar-refractivity contribution in [2.24, 2.45) is 5.73 Å². The third-order valence-corrected chi connectivity index (χ3v) is 5.89. The molecule has 1 amide bonds. The van der Waals surface area contributed by atoms with Gasteiger partial charge in [0.1, 0.15) is 12.0 Å². The van der Waals surface area contributed by atoms with Crippen LogP contribution < -0.4 is 5.73 Å². The summed E-state index contributed by atoms with van der Waals surface area (Å²) >= 11 is 0. The summed E-state index contributed by atoms with van der Waals surface area (Å²) in [5, 5.41) is 20.1. The largest absolute Gasteiger partial charge is 0.504 e. The van der Waals surface area contributed by atoms with Crippen molar-refractivity contribution in [2.75, 3.05) is 7.11 Å². The van der Waals surface area contributed by atoms with Gasteiger partial charge in [-0.1, -0.05) is 24.3 Å². The number of oxazole rings is 1. The predicted molar refractivity (Wildman–Crippen MR) is 131 cm³/mol. The first kappa shape index (κ1) is 23.2. The van der Waals surface area contributed by atoms with Crippen LogP contribution in [0.3, 0.4) is 0 Å². The van der Waals surface area contributed by atoms with Gasteiger partial charge in [0.15, 0.2) is 23.0 Å². The molecule has 0 fully saturated rings. The maximum absolute atomic E-state index is 12.0. The highest BCUT2D eigenvalue weighted by Crippen LogP contribution is 2.33. The fraction of sp³-hybridized carbons (Fsp3) is 0.240. The van der Waals surface area contributed by atoms with E-state index in [-0.39, 0.29) is 17.3 Å². The lowest BCUT2D eigenvalue weighted by molar-refractivity contribution is 0.0996. The standard InChI is InChI=1S/C25H25N7O4/c1-14-10-18-19(11-27-14)32(30-21(18)24(26)34)20-13-36-25(28-20)22-23(33)15(2)29-31(22)9-8-16-4-6-17(7-5-16)12-35-3/h4-7,10-11,13,33H,8-9,12H2,1-3H3,(H2,26,34). The van der Waals surface area contributed by atoms with Crippen molar-refractivity contribution in [1.82, 2.24) is 29.5 Å². The van der Waals surface area contributed by atoms with Crippen molar-refractivity contribution < 1.29 is 19.1 Å². The lowest BCUT2D eigenvalue weighted by atomic mass is 10.1. The summed E-state index contributed by atoms with van der Waals surface area (Å²) in [7, 11) is 1.67. The number of benzene rings is 1. The quantitative estimate of drug-likeness (QED) is 0.339. The van der Waals surface area contributed by atoms with Crippen LogP contribution in [-0.2, 0) is 24.3 Å². The van der Waals surface area contributed by atoms with E-state index in [9.17, 15) is 9.90 Å². The number of methoxy groups -OCH3 is 1. The SMILES string of the molecule is COCc1ccc(CCn2nc(C)c(O)c2-c2nc(-n3nc(C(N)=O)c4cc(C)ncc43)co2)cc1. The third-order valence-electron chi connectivity index (χ3n) is 5.89. The molecule has 36 heavy (non-hydrogen) atoms. The number of amides is 1. The number of aromatic nitrogens is 6. The van der Waals surface area contributed by atoms with Crippen molar-refractivity contribution in [3.63, 3.8) is 0 Å². The van der Waals surface area contributed by atoms with Gasteiger partial charge in [0.2, 0.25) is 0 Å². The van der Waals surface area contributed by atoms with Crippen LogP contribution in [0, 0.1) is 13.8 Å². The van der Waals surface area contributed by atoms with Crippen LogP contribution in [-0.4, -0.2) is 47.7 Å². The normalized spacial score (nSPS) is 11.4. The Balaban J connectivity index is 1.47. The molecule has 0 unspecified atom stereocenters. The Morgan fingerprint density at radius 2 is 1.92 bits per heavy atom. The summed E-state index contributed by atoms with van der Waals surface area (Å²) in [6.45, 7) is 4.59. The number of nitrogens with zero attached hydrogens (tertiary/aromatic N) is 6. The van der Waals surface area contributed by atoms with Crippen LogP contribution in [0.5, 0.6) is 5.75 Å². The molecule has 0 aliphatic rings. The van der Waals surface area contributed by atoms with E-state index in [1.54, 1.807) is 31.0 Å². The molecule has 0 radical (unpaired) electrons. The van der Waals surface area contributed by atoms with Crippen LogP contribution in [0.2, 0.25) is 0 Å². The van der Waals surface area contributed by atoms with Gasteiger partial charge in [0.05, 0.1) is 18.3 Å². The Bertz CT molecular complexity index is 1560. The maximum atomic E-state index is 12.0. The number of pyridine rings is 1. The summed E-state index contributed by atoms with van der Waals surface area (Å²) < 4.78 is 14.0. The van der Waals surface area contributed by atoms with Crippen LogP contribution in [0.4, 0.5) is 0 Å². The highest BCUT2D eigenvalue weighted by atomic mass is 16.5. The topological polar surface area (TPSA) is 147 Å². The van der Waals surface area contributed by atoms with Crippen LogP contribution in [0.1, 0.15) is 33.0 Å². The Morgan fingerprint density at radius 3 is 2.64 bits per heavy atom. The number of fused-ring (bicyclic) bond motifs is 1. The smallest absolute Gasteiger partial charge is 0.269 e. The van der Waals surface area contributed by atoms with Gasteiger partial charge >= 0.3 is 0 Å². The van der Waals surface area contributed by atoms with E-state index in [4.69, 9.17) is 14.9 Å². The van der Waals surface area contributed by atoms with E-state index in [0.29, 0.717) is 47.7 Å². The number of aromatic hydroxyl groups is 1. The minimum Gasteiger partial charge on any atom is -0.504 e. The molecular formula is C25H25N7O4. The summed E-state index contributed by atoms with van der Waals surface area (Å²) in [6, 6.07) is 9.88. The molecule has 0 spiro atoms. The number of carbonyl (C=O) groups is 1. The molecule has 0 atom stereocenters. The van der Waals surface area contributed by atoms with Crippen molar-refractivity contribution in [3.8, 4) is 23.2 Å².